The molecule has 0 saturated heterocycles. The van der Waals surface area contributed by atoms with E-state index in [1.54, 1.807) is 0 Å². The Morgan fingerprint density at radius 1 is 1.40 bits per heavy atom. The predicted octanol–water partition coefficient (Wildman–Crippen LogP) is 3.41. The number of aromatic amines is 1. The van der Waals surface area contributed by atoms with Crippen LogP contribution in [0.4, 0.5) is 0 Å². The Bertz CT molecular complexity index is 654. The molecule has 3 nitrogen and oxygen atoms in total. The molecular formula is C17H22N2O. The number of rotatable bonds is 2. The van der Waals surface area contributed by atoms with Gasteiger partial charge in [-0.1, -0.05) is 26.0 Å². The van der Waals surface area contributed by atoms with E-state index in [1.165, 1.54) is 27.7 Å². The Balaban J connectivity index is 1.90. The van der Waals surface area contributed by atoms with E-state index in [-0.39, 0.29) is 5.91 Å². The number of nitrogens with one attached hydrogen (secondary N) is 1. The quantitative estimate of drug-likeness (QED) is 0.892. The molecule has 0 aliphatic carbocycles. The average Bonchev–Trinajstić information content (AvgIpc) is 2.74. The molecule has 106 valence electrons. The fraction of sp³-hybridized carbons (Fsp3) is 0.471. The van der Waals surface area contributed by atoms with Crippen molar-refractivity contribution in [3.05, 3.63) is 35.0 Å². The van der Waals surface area contributed by atoms with Crippen LogP contribution in [0.15, 0.2) is 18.2 Å². The Morgan fingerprint density at radius 2 is 2.20 bits per heavy atom. The van der Waals surface area contributed by atoms with Crippen LogP contribution in [0.25, 0.3) is 10.9 Å². The molecule has 1 N–H and O–H groups in total. The second-order valence-corrected chi connectivity index (χ2v) is 6.29. The van der Waals surface area contributed by atoms with Crippen molar-refractivity contribution < 1.29 is 4.79 Å². The van der Waals surface area contributed by atoms with Crippen molar-refractivity contribution in [2.24, 2.45) is 5.92 Å². The van der Waals surface area contributed by atoms with Gasteiger partial charge in [-0.2, -0.15) is 0 Å². The molecule has 0 fully saturated rings. The molecule has 2 aromatic rings. The summed E-state index contributed by atoms with van der Waals surface area (Å²) < 4.78 is 0. The third-order valence-electron chi connectivity index (χ3n) is 4.07. The van der Waals surface area contributed by atoms with Gasteiger partial charge in [0.2, 0.25) is 5.91 Å². The Morgan fingerprint density at radius 3 is 2.95 bits per heavy atom. The van der Waals surface area contributed by atoms with Crippen molar-refractivity contribution in [3.63, 3.8) is 0 Å². The lowest BCUT2D eigenvalue weighted by Gasteiger charge is -2.28. The number of H-pyrrole nitrogens is 1. The number of carbonyl (C=O) groups is 1. The number of aromatic nitrogens is 1. The lowest BCUT2D eigenvalue weighted by Crippen LogP contribution is -2.36. The van der Waals surface area contributed by atoms with Crippen LogP contribution in [0.5, 0.6) is 0 Å². The van der Waals surface area contributed by atoms with Gasteiger partial charge in [0.25, 0.3) is 0 Å². The molecule has 0 bridgehead atoms. The molecule has 0 saturated carbocycles. The molecule has 1 amide bonds. The molecular weight excluding hydrogens is 248 g/mol. The molecule has 0 unspecified atom stereocenters. The van der Waals surface area contributed by atoms with Gasteiger partial charge in [-0.05, 0) is 24.5 Å². The zero-order valence-electron chi connectivity index (χ0n) is 12.5. The lowest BCUT2D eigenvalue weighted by atomic mass is 10.0. The Labute approximate surface area is 120 Å². The minimum atomic E-state index is 0.284. The van der Waals surface area contributed by atoms with Gasteiger partial charge in [0.1, 0.15) is 0 Å². The second-order valence-electron chi connectivity index (χ2n) is 6.29. The van der Waals surface area contributed by atoms with Crippen LogP contribution in [0.1, 0.15) is 37.1 Å². The molecule has 1 aliphatic rings. The summed E-state index contributed by atoms with van der Waals surface area (Å²) in [6.07, 6.45) is 1.59. The van der Waals surface area contributed by atoms with Crippen LogP contribution >= 0.6 is 0 Å². The van der Waals surface area contributed by atoms with Crippen molar-refractivity contribution in [1.82, 2.24) is 9.88 Å². The fourth-order valence-electron chi connectivity index (χ4n) is 3.03. The molecule has 0 spiro atoms. The van der Waals surface area contributed by atoms with Crippen LogP contribution < -0.4 is 0 Å². The zero-order chi connectivity index (χ0) is 14.3. The third kappa shape index (κ3) is 2.33. The van der Waals surface area contributed by atoms with Gasteiger partial charge in [-0.25, -0.2) is 0 Å². The molecule has 2 heterocycles. The monoisotopic (exact) mass is 270 g/mol. The van der Waals surface area contributed by atoms with Gasteiger partial charge in [0, 0.05) is 48.1 Å². The Hall–Kier alpha value is -1.77. The summed E-state index contributed by atoms with van der Waals surface area (Å²) in [5.41, 5.74) is 5.08. The number of aryl methyl sites for hydroxylation is 1. The number of nitrogens with zero attached hydrogens (tertiary/aromatic N) is 1. The second kappa shape index (κ2) is 4.97. The van der Waals surface area contributed by atoms with Crippen molar-refractivity contribution in [1.29, 1.82) is 0 Å². The highest BCUT2D eigenvalue weighted by Gasteiger charge is 2.24. The van der Waals surface area contributed by atoms with Gasteiger partial charge >= 0.3 is 0 Å². The Kier molecular flexibility index (Phi) is 3.28. The number of hydrogen-bond acceptors (Lipinski definition) is 1. The summed E-state index contributed by atoms with van der Waals surface area (Å²) >= 11 is 0. The highest BCUT2D eigenvalue weighted by atomic mass is 16.2. The summed E-state index contributed by atoms with van der Waals surface area (Å²) in [7, 11) is 0. The first kappa shape index (κ1) is 13.2. The first-order valence-corrected chi connectivity index (χ1v) is 7.42. The van der Waals surface area contributed by atoms with Crippen LogP contribution in [0.2, 0.25) is 0 Å². The first-order valence-electron chi connectivity index (χ1n) is 7.42. The highest BCUT2D eigenvalue weighted by Crippen LogP contribution is 2.28. The number of fused-ring (bicyclic) bond motifs is 3. The maximum absolute atomic E-state index is 12.2. The van der Waals surface area contributed by atoms with Crippen LogP contribution in [0, 0.1) is 12.8 Å². The number of benzene rings is 1. The van der Waals surface area contributed by atoms with Crippen molar-refractivity contribution in [2.75, 3.05) is 6.54 Å². The molecule has 1 aromatic carbocycles. The minimum absolute atomic E-state index is 0.284. The van der Waals surface area contributed by atoms with Crippen LogP contribution in [0.3, 0.4) is 0 Å². The smallest absolute Gasteiger partial charge is 0.223 e. The number of amides is 1. The highest BCUT2D eigenvalue weighted by molar-refractivity contribution is 5.86. The fourth-order valence-corrected chi connectivity index (χ4v) is 3.03. The SMILES string of the molecule is Cc1ccc2c3c([nH]c2c1)CCN(C(=O)CC(C)C)C3. The number of hydrogen-bond donors (Lipinski definition) is 1. The summed E-state index contributed by atoms with van der Waals surface area (Å²) in [5, 5.41) is 1.27. The molecule has 20 heavy (non-hydrogen) atoms. The summed E-state index contributed by atoms with van der Waals surface area (Å²) in [6.45, 7) is 7.90. The minimum Gasteiger partial charge on any atom is -0.358 e. The number of carbonyl (C=O) groups excluding carboxylic acids is 1. The van der Waals surface area contributed by atoms with Gasteiger partial charge in [0.15, 0.2) is 0 Å². The van der Waals surface area contributed by atoms with E-state index in [1.807, 2.05) is 4.90 Å². The van der Waals surface area contributed by atoms with Gasteiger partial charge in [-0.15, -0.1) is 0 Å². The maximum atomic E-state index is 12.2. The molecule has 3 rings (SSSR count). The molecule has 0 atom stereocenters. The molecule has 1 aliphatic heterocycles. The van der Waals surface area contributed by atoms with E-state index in [4.69, 9.17) is 0 Å². The zero-order valence-corrected chi connectivity index (χ0v) is 12.5. The van der Waals surface area contributed by atoms with Crippen LogP contribution in [-0.2, 0) is 17.8 Å². The van der Waals surface area contributed by atoms with E-state index < -0.39 is 0 Å². The topological polar surface area (TPSA) is 36.1 Å². The van der Waals surface area contributed by atoms with Crippen molar-refractivity contribution >= 4 is 16.8 Å². The average molecular weight is 270 g/mol. The van der Waals surface area contributed by atoms with E-state index in [9.17, 15) is 4.79 Å². The van der Waals surface area contributed by atoms with Gasteiger partial charge in [0.05, 0.1) is 0 Å². The lowest BCUT2D eigenvalue weighted by molar-refractivity contribution is -0.132. The van der Waals surface area contributed by atoms with Crippen molar-refractivity contribution in [2.45, 2.75) is 40.2 Å². The normalized spacial score (nSPS) is 14.9. The van der Waals surface area contributed by atoms with E-state index >= 15 is 0 Å². The van der Waals surface area contributed by atoms with E-state index in [2.05, 4.69) is 44.0 Å². The van der Waals surface area contributed by atoms with E-state index in [0.717, 1.165) is 19.5 Å². The maximum Gasteiger partial charge on any atom is 0.223 e. The molecule has 3 heteroatoms. The predicted molar refractivity (Wildman–Crippen MR) is 81.6 cm³/mol. The molecule has 0 radical (unpaired) electrons. The van der Waals surface area contributed by atoms with Gasteiger partial charge in [-0.3, -0.25) is 4.79 Å². The van der Waals surface area contributed by atoms with Gasteiger partial charge < -0.3 is 9.88 Å². The third-order valence-corrected chi connectivity index (χ3v) is 4.07. The standard InChI is InChI=1S/C17H22N2O/c1-11(2)8-17(20)19-7-6-15-14(10-19)13-5-4-12(3)9-16(13)18-15/h4-5,9,11,18H,6-8,10H2,1-3H3. The first-order chi connectivity index (χ1) is 9.54. The van der Waals surface area contributed by atoms with Crippen LogP contribution in [-0.4, -0.2) is 22.3 Å². The largest absolute Gasteiger partial charge is 0.358 e. The summed E-state index contributed by atoms with van der Waals surface area (Å²) in [5.74, 6) is 0.710. The molecule has 1 aromatic heterocycles. The summed E-state index contributed by atoms with van der Waals surface area (Å²) in [6, 6.07) is 6.51. The summed E-state index contributed by atoms with van der Waals surface area (Å²) in [4.78, 5) is 17.8. The van der Waals surface area contributed by atoms with Crippen molar-refractivity contribution in [3.8, 4) is 0 Å². The van der Waals surface area contributed by atoms with E-state index in [0.29, 0.717) is 12.3 Å².